The predicted molar refractivity (Wildman–Crippen MR) is 90.2 cm³/mol. The minimum absolute atomic E-state index is 0.0518. The third kappa shape index (κ3) is 5.12. The number of hydrogen-bond acceptors (Lipinski definition) is 3. The number of benzene rings is 1. The second kappa shape index (κ2) is 8.18. The lowest BCUT2D eigenvalue weighted by molar-refractivity contribution is -0.125. The number of carbonyl (C=O) groups excluding carboxylic acids is 1. The first-order valence-corrected chi connectivity index (χ1v) is 8.10. The quantitative estimate of drug-likeness (QED) is 0.810. The van der Waals surface area contributed by atoms with E-state index in [-0.39, 0.29) is 17.9 Å². The lowest BCUT2D eigenvalue weighted by Gasteiger charge is -2.19. The number of hydrogen-bond donors (Lipinski definition) is 2. The van der Waals surface area contributed by atoms with E-state index in [1.165, 1.54) is 6.26 Å². The Morgan fingerprint density at radius 1 is 1.26 bits per heavy atom. The van der Waals surface area contributed by atoms with Crippen molar-refractivity contribution in [2.75, 3.05) is 0 Å². The van der Waals surface area contributed by atoms with Crippen molar-refractivity contribution >= 4 is 17.5 Å². The van der Waals surface area contributed by atoms with Crippen LogP contribution >= 0.6 is 11.6 Å². The van der Waals surface area contributed by atoms with Crippen LogP contribution in [0.4, 0.5) is 0 Å². The molecule has 1 aromatic heterocycles. The van der Waals surface area contributed by atoms with E-state index < -0.39 is 6.10 Å². The highest BCUT2D eigenvalue weighted by atomic mass is 35.5. The van der Waals surface area contributed by atoms with E-state index in [0.717, 1.165) is 5.56 Å². The van der Waals surface area contributed by atoms with Crippen LogP contribution in [0.1, 0.15) is 37.7 Å². The maximum atomic E-state index is 12.3. The Morgan fingerprint density at radius 2 is 2.00 bits per heavy atom. The van der Waals surface area contributed by atoms with Crippen LogP contribution in [-0.4, -0.2) is 17.1 Å². The van der Waals surface area contributed by atoms with Crippen molar-refractivity contribution in [2.45, 2.75) is 38.8 Å². The fourth-order valence-electron chi connectivity index (χ4n) is 2.46. The third-order valence-electron chi connectivity index (χ3n) is 3.77. The van der Waals surface area contributed by atoms with Crippen LogP contribution in [0, 0.1) is 5.92 Å². The molecule has 0 aliphatic rings. The van der Waals surface area contributed by atoms with Gasteiger partial charge in [-0.25, -0.2) is 0 Å². The van der Waals surface area contributed by atoms with Gasteiger partial charge in [0.1, 0.15) is 11.9 Å². The number of halogens is 1. The molecule has 5 heteroatoms. The van der Waals surface area contributed by atoms with Crippen molar-refractivity contribution in [2.24, 2.45) is 5.92 Å². The smallest absolute Gasteiger partial charge is 0.223 e. The number of amides is 1. The Bertz CT molecular complexity index is 627. The molecule has 4 nitrogen and oxygen atoms in total. The number of rotatable bonds is 7. The van der Waals surface area contributed by atoms with Gasteiger partial charge in [-0.3, -0.25) is 4.79 Å². The summed E-state index contributed by atoms with van der Waals surface area (Å²) in [4.78, 5) is 12.3. The molecule has 23 heavy (non-hydrogen) atoms. The minimum atomic E-state index is -0.723. The monoisotopic (exact) mass is 335 g/mol. The SMILES string of the molecule is CC(CC(O)c1ccco1)NC(=O)C(C)Cc1ccccc1Cl. The maximum Gasteiger partial charge on any atom is 0.223 e. The Kier molecular flexibility index (Phi) is 6.25. The molecule has 0 saturated carbocycles. The van der Waals surface area contributed by atoms with Crippen molar-refractivity contribution in [1.29, 1.82) is 0 Å². The maximum absolute atomic E-state index is 12.3. The summed E-state index contributed by atoms with van der Waals surface area (Å²) in [6.45, 7) is 3.74. The van der Waals surface area contributed by atoms with Crippen molar-refractivity contribution in [3.8, 4) is 0 Å². The van der Waals surface area contributed by atoms with Gasteiger partial charge in [-0.1, -0.05) is 36.7 Å². The summed E-state index contributed by atoms with van der Waals surface area (Å²) in [7, 11) is 0. The van der Waals surface area contributed by atoms with Crippen molar-refractivity contribution in [3.63, 3.8) is 0 Å². The number of carbonyl (C=O) groups is 1. The van der Waals surface area contributed by atoms with Crippen LogP contribution in [-0.2, 0) is 11.2 Å². The standard InChI is InChI=1S/C18H22ClNO3/c1-12(10-14-6-3-4-7-15(14)19)18(22)20-13(2)11-16(21)17-8-5-9-23-17/h3-9,12-13,16,21H,10-11H2,1-2H3,(H,20,22). The first-order valence-electron chi connectivity index (χ1n) is 7.72. The van der Waals surface area contributed by atoms with E-state index in [1.807, 2.05) is 38.1 Å². The number of aliphatic hydroxyl groups is 1. The highest BCUT2D eigenvalue weighted by molar-refractivity contribution is 6.31. The zero-order chi connectivity index (χ0) is 16.8. The zero-order valence-electron chi connectivity index (χ0n) is 13.3. The normalized spacial score (nSPS) is 15.0. The molecule has 0 fully saturated rings. The van der Waals surface area contributed by atoms with Crippen LogP contribution in [0.5, 0.6) is 0 Å². The topological polar surface area (TPSA) is 62.5 Å². The van der Waals surface area contributed by atoms with Gasteiger partial charge in [0, 0.05) is 23.4 Å². The molecular formula is C18H22ClNO3. The number of aliphatic hydroxyl groups excluding tert-OH is 1. The molecule has 3 unspecified atom stereocenters. The third-order valence-corrected chi connectivity index (χ3v) is 4.14. The molecule has 2 aromatic rings. The number of nitrogens with one attached hydrogen (secondary N) is 1. The largest absolute Gasteiger partial charge is 0.467 e. The molecule has 1 amide bonds. The zero-order valence-corrected chi connectivity index (χ0v) is 14.1. The van der Waals surface area contributed by atoms with Crippen LogP contribution < -0.4 is 5.32 Å². The summed E-state index contributed by atoms with van der Waals surface area (Å²) in [5, 5.41) is 13.6. The van der Waals surface area contributed by atoms with Gasteiger partial charge in [0.2, 0.25) is 5.91 Å². The van der Waals surface area contributed by atoms with Gasteiger partial charge in [-0.2, -0.15) is 0 Å². The van der Waals surface area contributed by atoms with Gasteiger partial charge in [-0.15, -0.1) is 0 Å². The minimum Gasteiger partial charge on any atom is -0.467 e. The molecule has 124 valence electrons. The Morgan fingerprint density at radius 3 is 2.65 bits per heavy atom. The molecule has 0 aliphatic heterocycles. The van der Waals surface area contributed by atoms with Gasteiger partial charge in [0.15, 0.2) is 0 Å². The Labute approximate surface area is 141 Å². The predicted octanol–water partition coefficient (Wildman–Crippen LogP) is 3.74. The van der Waals surface area contributed by atoms with Crippen molar-refractivity contribution < 1.29 is 14.3 Å². The highest BCUT2D eigenvalue weighted by Crippen LogP contribution is 2.20. The molecule has 0 aliphatic carbocycles. The van der Waals surface area contributed by atoms with Gasteiger partial charge in [0.05, 0.1) is 6.26 Å². The van der Waals surface area contributed by atoms with Crippen molar-refractivity contribution in [3.05, 3.63) is 59.0 Å². The summed E-state index contributed by atoms with van der Waals surface area (Å²) >= 11 is 6.13. The van der Waals surface area contributed by atoms with E-state index in [2.05, 4.69) is 5.32 Å². The molecule has 0 bridgehead atoms. The van der Waals surface area contributed by atoms with Gasteiger partial charge < -0.3 is 14.8 Å². The highest BCUT2D eigenvalue weighted by Gasteiger charge is 2.20. The summed E-state index contributed by atoms with van der Waals surface area (Å²) < 4.78 is 5.16. The first kappa shape index (κ1) is 17.6. The summed E-state index contributed by atoms with van der Waals surface area (Å²) in [6, 6.07) is 10.8. The van der Waals surface area contributed by atoms with Crippen LogP contribution in [0.2, 0.25) is 5.02 Å². The van der Waals surface area contributed by atoms with Crippen LogP contribution in [0.15, 0.2) is 47.1 Å². The molecule has 3 atom stereocenters. The molecule has 0 spiro atoms. The van der Waals surface area contributed by atoms with Gasteiger partial charge >= 0.3 is 0 Å². The van der Waals surface area contributed by atoms with E-state index in [1.54, 1.807) is 12.1 Å². The molecule has 2 N–H and O–H groups in total. The Balaban J connectivity index is 1.84. The molecule has 0 radical (unpaired) electrons. The van der Waals surface area contributed by atoms with Crippen molar-refractivity contribution in [1.82, 2.24) is 5.32 Å². The van der Waals surface area contributed by atoms with E-state index in [0.29, 0.717) is 23.6 Å². The molecule has 0 saturated heterocycles. The van der Waals surface area contributed by atoms with E-state index in [9.17, 15) is 9.90 Å². The molecule has 2 rings (SSSR count). The average molecular weight is 336 g/mol. The fourth-order valence-corrected chi connectivity index (χ4v) is 2.68. The summed E-state index contributed by atoms with van der Waals surface area (Å²) in [5.41, 5.74) is 0.958. The molecule has 1 aromatic carbocycles. The first-order chi connectivity index (χ1) is 11.0. The fraction of sp³-hybridized carbons (Fsp3) is 0.389. The lowest BCUT2D eigenvalue weighted by Crippen LogP contribution is -2.37. The van der Waals surface area contributed by atoms with Gasteiger partial charge in [0.25, 0.3) is 0 Å². The summed E-state index contributed by atoms with van der Waals surface area (Å²) in [5.74, 6) is 0.261. The number of furan rings is 1. The lowest BCUT2D eigenvalue weighted by atomic mass is 9.99. The van der Waals surface area contributed by atoms with Crippen LogP contribution in [0.3, 0.4) is 0 Å². The second-order valence-corrected chi connectivity index (χ2v) is 6.28. The van der Waals surface area contributed by atoms with E-state index in [4.69, 9.17) is 16.0 Å². The van der Waals surface area contributed by atoms with Gasteiger partial charge in [-0.05, 0) is 37.1 Å². The molecule has 1 heterocycles. The average Bonchev–Trinajstić information content (AvgIpc) is 3.03. The van der Waals surface area contributed by atoms with E-state index >= 15 is 0 Å². The summed E-state index contributed by atoms with van der Waals surface area (Å²) in [6.07, 6.45) is 1.78. The molecular weight excluding hydrogens is 314 g/mol. The Hall–Kier alpha value is -1.78. The van der Waals surface area contributed by atoms with Crippen LogP contribution in [0.25, 0.3) is 0 Å². The second-order valence-electron chi connectivity index (χ2n) is 5.87.